The highest BCUT2D eigenvalue weighted by Gasteiger charge is 2.34. The average molecular weight is 258 g/mol. The van der Waals surface area contributed by atoms with Crippen LogP contribution in [0.2, 0.25) is 0 Å². The summed E-state index contributed by atoms with van der Waals surface area (Å²) >= 11 is 1.85. The van der Waals surface area contributed by atoms with E-state index in [1.807, 2.05) is 11.8 Å². The third-order valence-electron chi connectivity index (χ3n) is 3.29. The van der Waals surface area contributed by atoms with Crippen molar-refractivity contribution in [3.8, 4) is 0 Å². The summed E-state index contributed by atoms with van der Waals surface area (Å²) in [6.07, 6.45) is 3.48. The Hall–Kier alpha value is -0.910. The zero-order chi connectivity index (χ0) is 12.3. The number of aliphatic carboxylic acids is 1. The summed E-state index contributed by atoms with van der Waals surface area (Å²) in [4.78, 5) is 24.4. The van der Waals surface area contributed by atoms with Gasteiger partial charge in [-0.3, -0.25) is 0 Å². The van der Waals surface area contributed by atoms with Gasteiger partial charge >= 0.3 is 12.0 Å². The number of carbonyl (C=O) groups is 2. The van der Waals surface area contributed by atoms with E-state index in [0.717, 1.165) is 30.8 Å². The Balaban J connectivity index is 1.88. The molecule has 0 saturated carbocycles. The summed E-state index contributed by atoms with van der Waals surface area (Å²) in [6, 6.07) is -0.634. The number of carbonyl (C=O) groups excluding carboxylic acids is 1. The number of rotatable bonds is 2. The minimum Gasteiger partial charge on any atom is -0.480 e. The number of hydrogen-bond donors (Lipinski definition) is 2. The second-order valence-corrected chi connectivity index (χ2v) is 5.70. The van der Waals surface area contributed by atoms with Gasteiger partial charge in [0, 0.05) is 18.3 Å². The number of likely N-dealkylation sites (tertiary alicyclic amines) is 1. The van der Waals surface area contributed by atoms with Crippen LogP contribution in [-0.2, 0) is 4.79 Å². The van der Waals surface area contributed by atoms with Crippen molar-refractivity contribution in [2.45, 2.75) is 37.8 Å². The Morgan fingerprint density at radius 1 is 1.29 bits per heavy atom. The van der Waals surface area contributed by atoms with E-state index >= 15 is 0 Å². The van der Waals surface area contributed by atoms with E-state index in [0.29, 0.717) is 13.0 Å². The molecule has 2 amide bonds. The van der Waals surface area contributed by atoms with Gasteiger partial charge in [0.25, 0.3) is 0 Å². The third kappa shape index (κ3) is 3.06. The molecule has 2 heterocycles. The molecule has 0 spiro atoms. The third-order valence-corrected chi connectivity index (χ3v) is 4.50. The summed E-state index contributed by atoms with van der Waals surface area (Å²) in [7, 11) is 0. The van der Waals surface area contributed by atoms with Gasteiger partial charge < -0.3 is 15.3 Å². The van der Waals surface area contributed by atoms with Gasteiger partial charge in [0.2, 0.25) is 0 Å². The van der Waals surface area contributed by atoms with E-state index in [1.165, 1.54) is 4.90 Å². The number of carboxylic acids is 1. The number of hydrogen-bond acceptors (Lipinski definition) is 3. The molecule has 0 aromatic carbocycles. The zero-order valence-electron chi connectivity index (χ0n) is 9.72. The lowest BCUT2D eigenvalue weighted by Crippen LogP contribution is -2.50. The van der Waals surface area contributed by atoms with Gasteiger partial charge in [-0.2, -0.15) is 11.8 Å². The fourth-order valence-corrected chi connectivity index (χ4v) is 3.45. The van der Waals surface area contributed by atoms with E-state index in [-0.39, 0.29) is 12.1 Å². The van der Waals surface area contributed by atoms with Crippen LogP contribution in [0, 0.1) is 0 Å². The van der Waals surface area contributed by atoms with Crippen molar-refractivity contribution in [2.75, 3.05) is 18.1 Å². The van der Waals surface area contributed by atoms with Crippen molar-refractivity contribution in [1.82, 2.24) is 10.2 Å². The van der Waals surface area contributed by atoms with Crippen LogP contribution in [0.4, 0.5) is 4.79 Å². The van der Waals surface area contributed by atoms with Crippen LogP contribution in [-0.4, -0.2) is 52.1 Å². The first-order valence-corrected chi connectivity index (χ1v) is 7.21. The molecule has 96 valence electrons. The van der Waals surface area contributed by atoms with Crippen LogP contribution < -0.4 is 5.32 Å². The standard InChI is InChI=1S/C11H18N2O3S/c14-10(15)9-4-1-5-13(9)11(16)12-8-3-2-6-17-7-8/h8-9H,1-7H2,(H,12,16)(H,14,15)/t8?,9-/m0/s1. The van der Waals surface area contributed by atoms with E-state index in [4.69, 9.17) is 5.11 Å². The highest BCUT2D eigenvalue weighted by molar-refractivity contribution is 7.99. The normalized spacial score (nSPS) is 29.1. The molecule has 2 saturated heterocycles. The second kappa shape index (κ2) is 5.62. The summed E-state index contributed by atoms with van der Waals surface area (Å²) < 4.78 is 0. The summed E-state index contributed by atoms with van der Waals surface area (Å²) in [5, 5.41) is 12.0. The van der Waals surface area contributed by atoms with Crippen molar-refractivity contribution in [1.29, 1.82) is 0 Å². The van der Waals surface area contributed by atoms with Crippen LogP contribution >= 0.6 is 11.8 Å². The molecular formula is C11H18N2O3S. The summed E-state index contributed by atoms with van der Waals surface area (Å²) in [5.74, 6) is 1.21. The van der Waals surface area contributed by atoms with Gasteiger partial charge in [-0.25, -0.2) is 9.59 Å². The van der Waals surface area contributed by atoms with Crippen LogP contribution in [0.3, 0.4) is 0 Å². The minimum absolute atomic E-state index is 0.205. The van der Waals surface area contributed by atoms with E-state index in [9.17, 15) is 9.59 Å². The number of carboxylic acid groups (broad SMARTS) is 1. The van der Waals surface area contributed by atoms with Crippen molar-refractivity contribution in [2.24, 2.45) is 0 Å². The van der Waals surface area contributed by atoms with E-state index < -0.39 is 12.0 Å². The monoisotopic (exact) mass is 258 g/mol. The molecule has 6 heteroatoms. The van der Waals surface area contributed by atoms with Gasteiger partial charge in [-0.1, -0.05) is 0 Å². The topological polar surface area (TPSA) is 69.6 Å². The molecule has 5 nitrogen and oxygen atoms in total. The lowest BCUT2D eigenvalue weighted by atomic mass is 10.2. The first kappa shape index (κ1) is 12.5. The summed E-state index contributed by atoms with van der Waals surface area (Å²) in [5.41, 5.74) is 0. The molecule has 2 aliphatic heterocycles. The lowest BCUT2D eigenvalue weighted by molar-refractivity contribution is -0.141. The molecule has 0 radical (unpaired) electrons. The Labute approximate surface area is 105 Å². The Morgan fingerprint density at radius 2 is 2.12 bits per heavy atom. The molecule has 1 unspecified atom stereocenters. The first-order chi connectivity index (χ1) is 8.18. The van der Waals surface area contributed by atoms with Gasteiger partial charge in [-0.05, 0) is 31.4 Å². The SMILES string of the molecule is O=C(O)[C@@H]1CCCN1C(=O)NC1CCCSC1. The van der Waals surface area contributed by atoms with Crippen LogP contribution in [0.5, 0.6) is 0 Å². The molecule has 2 atom stereocenters. The molecule has 0 aliphatic carbocycles. The number of amides is 2. The largest absolute Gasteiger partial charge is 0.480 e. The quantitative estimate of drug-likeness (QED) is 0.779. The molecule has 2 N–H and O–H groups in total. The molecule has 0 aromatic rings. The van der Waals surface area contributed by atoms with Crippen molar-refractivity contribution in [3.63, 3.8) is 0 Å². The molecule has 2 aliphatic rings. The van der Waals surface area contributed by atoms with Crippen molar-refractivity contribution < 1.29 is 14.7 Å². The highest BCUT2D eigenvalue weighted by Crippen LogP contribution is 2.20. The van der Waals surface area contributed by atoms with E-state index in [1.54, 1.807) is 0 Å². The average Bonchev–Trinajstić information content (AvgIpc) is 2.79. The van der Waals surface area contributed by atoms with Gasteiger partial charge in [0.1, 0.15) is 6.04 Å². The fourth-order valence-electron chi connectivity index (χ4n) is 2.38. The van der Waals surface area contributed by atoms with Gasteiger partial charge in [0.15, 0.2) is 0 Å². The first-order valence-electron chi connectivity index (χ1n) is 6.06. The van der Waals surface area contributed by atoms with Crippen LogP contribution in [0.15, 0.2) is 0 Å². The lowest BCUT2D eigenvalue weighted by Gasteiger charge is -2.27. The molecule has 0 bridgehead atoms. The molecule has 17 heavy (non-hydrogen) atoms. The van der Waals surface area contributed by atoms with Crippen LogP contribution in [0.25, 0.3) is 0 Å². The predicted octanol–water partition coefficient (Wildman–Crippen LogP) is 1.14. The molecule has 2 fully saturated rings. The molecule has 2 rings (SSSR count). The number of nitrogens with one attached hydrogen (secondary N) is 1. The maximum absolute atomic E-state index is 12.0. The molecule has 0 aromatic heterocycles. The maximum Gasteiger partial charge on any atom is 0.326 e. The second-order valence-electron chi connectivity index (χ2n) is 4.55. The van der Waals surface area contributed by atoms with Crippen molar-refractivity contribution >= 4 is 23.8 Å². The van der Waals surface area contributed by atoms with Gasteiger partial charge in [0.05, 0.1) is 0 Å². The Bertz CT molecular complexity index is 305. The minimum atomic E-state index is -0.893. The Kier molecular flexibility index (Phi) is 4.15. The van der Waals surface area contributed by atoms with E-state index in [2.05, 4.69) is 5.32 Å². The smallest absolute Gasteiger partial charge is 0.326 e. The molecular weight excluding hydrogens is 240 g/mol. The highest BCUT2D eigenvalue weighted by atomic mass is 32.2. The maximum atomic E-state index is 12.0. The number of urea groups is 1. The number of nitrogens with zero attached hydrogens (tertiary/aromatic N) is 1. The fraction of sp³-hybridized carbons (Fsp3) is 0.818. The zero-order valence-corrected chi connectivity index (χ0v) is 10.5. The van der Waals surface area contributed by atoms with Crippen LogP contribution in [0.1, 0.15) is 25.7 Å². The predicted molar refractivity (Wildman–Crippen MR) is 66.2 cm³/mol. The number of thioether (sulfide) groups is 1. The summed E-state index contributed by atoms with van der Waals surface area (Å²) in [6.45, 7) is 0.558. The van der Waals surface area contributed by atoms with Crippen molar-refractivity contribution in [3.05, 3.63) is 0 Å². The Morgan fingerprint density at radius 3 is 2.76 bits per heavy atom. The van der Waals surface area contributed by atoms with Gasteiger partial charge in [-0.15, -0.1) is 0 Å².